The van der Waals surface area contributed by atoms with Crippen LogP contribution in [-0.2, 0) is 6.42 Å². The van der Waals surface area contributed by atoms with Crippen LogP contribution in [0.4, 0.5) is 5.69 Å². The van der Waals surface area contributed by atoms with E-state index in [1.165, 1.54) is 11.3 Å². The third kappa shape index (κ3) is 4.37. The highest BCUT2D eigenvalue weighted by Gasteiger charge is 2.08. The zero-order valence-electron chi connectivity index (χ0n) is 11.7. The van der Waals surface area contributed by atoms with Crippen LogP contribution in [0.2, 0.25) is 4.34 Å². The Morgan fingerprint density at radius 1 is 1.38 bits per heavy atom. The molecular formula is C15H17ClN2O2S. The highest BCUT2D eigenvalue weighted by atomic mass is 35.5. The summed E-state index contributed by atoms with van der Waals surface area (Å²) in [5, 5.41) is 2.86. The van der Waals surface area contributed by atoms with E-state index in [-0.39, 0.29) is 5.91 Å². The maximum atomic E-state index is 12.0. The first-order valence-corrected chi connectivity index (χ1v) is 7.84. The van der Waals surface area contributed by atoms with Gasteiger partial charge in [0.25, 0.3) is 5.91 Å². The second-order valence-corrected chi connectivity index (χ2v) is 6.20. The summed E-state index contributed by atoms with van der Waals surface area (Å²) in [5.74, 6) is 0.453. The number of nitrogen functional groups attached to an aromatic ring is 1. The molecule has 0 atom stereocenters. The lowest BCUT2D eigenvalue weighted by molar-refractivity contribution is 0.0954. The number of nitrogens with one attached hydrogen (secondary N) is 1. The molecule has 0 aliphatic heterocycles. The fourth-order valence-corrected chi connectivity index (χ4v) is 2.95. The van der Waals surface area contributed by atoms with Gasteiger partial charge in [-0.1, -0.05) is 11.6 Å². The number of nitrogens with two attached hydrogens (primary N) is 1. The summed E-state index contributed by atoms with van der Waals surface area (Å²) in [4.78, 5) is 13.2. The van der Waals surface area contributed by atoms with E-state index in [1.54, 1.807) is 18.2 Å². The third-order valence-electron chi connectivity index (χ3n) is 2.86. The number of thiophene rings is 1. The number of amides is 1. The molecule has 0 aliphatic carbocycles. The number of hydrogen-bond donors (Lipinski definition) is 2. The Morgan fingerprint density at radius 3 is 2.81 bits per heavy atom. The lowest BCUT2D eigenvalue weighted by Crippen LogP contribution is -2.25. The summed E-state index contributed by atoms with van der Waals surface area (Å²) < 4.78 is 6.10. The molecule has 1 aromatic heterocycles. The van der Waals surface area contributed by atoms with Gasteiger partial charge in [0.05, 0.1) is 16.6 Å². The molecule has 1 amide bonds. The maximum absolute atomic E-state index is 12.0. The van der Waals surface area contributed by atoms with Crippen LogP contribution in [0.1, 0.15) is 22.2 Å². The van der Waals surface area contributed by atoms with E-state index in [0.717, 1.165) is 15.6 Å². The minimum atomic E-state index is -0.146. The van der Waals surface area contributed by atoms with E-state index in [9.17, 15) is 4.79 Å². The SMILES string of the molecule is CCOc1ccc(C(=O)NCCc2ccc(Cl)s2)cc1N. The molecular weight excluding hydrogens is 308 g/mol. The Morgan fingerprint density at radius 2 is 2.19 bits per heavy atom. The summed E-state index contributed by atoms with van der Waals surface area (Å²) in [6.45, 7) is 2.98. The Labute approximate surface area is 132 Å². The quantitative estimate of drug-likeness (QED) is 0.801. The number of carbonyl (C=O) groups is 1. The molecule has 1 heterocycles. The van der Waals surface area contributed by atoms with E-state index in [2.05, 4.69) is 5.32 Å². The normalized spacial score (nSPS) is 10.4. The van der Waals surface area contributed by atoms with Crippen molar-refractivity contribution in [3.8, 4) is 5.75 Å². The highest BCUT2D eigenvalue weighted by molar-refractivity contribution is 7.16. The van der Waals surface area contributed by atoms with Crippen molar-refractivity contribution in [3.63, 3.8) is 0 Å². The standard InChI is InChI=1S/C15H17ClN2O2S/c1-2-20-13-5-3-10(9-12(13)17)15(19)18-8-7-11-4-6-14(16)21-11/h3-6,9H,2,7-8,17H2,1H3,(H,18,19). The number of anilines is 1. The number of carbonyl (C=O) groups excluding carboxylic acids is 1. The largest absolute Gasteiger partial charge is 0.492 e. The molecule has 2 rings (SSSR count). The van der Waals surface area contributed by atoms with E-state index < -0.39 is 0 Å². The summed E-state index contributed by atoms with van der Waals surface area (Å²) in [7, 11) is 0. The lowest BCUT2D eigenvalue weighted by Gasteiger charge is -2.09. The summed E-state index contributed by atoms with van der Waals surface area (Å²) in [6.07, 6.45) is 0.760. The van der Waals surface area contributed by atoms with Gasteiger partial charge in [0.1, 0.15) is 5.75 Å². The minimum absolute atomic E-state index is 0.146. The van der Waals surface area contributed by atoms with Gasteiger partial charge >= 0.3 is 0 Å². The number of benzene rings is 1. The van der Waals surface area contributed by atoms with Crippen LogP contribution in [0.25, 0.3) is 0 Å². The predicted molar refractivity (Wildman–Crippen MR) is 87.4 cm³/mol. The van der Waals surface area contributed by atoms with Crippen LogP contribution < -0.4 is 15.8 Å². The van der Waals surface area contributed by atoms with E-state index >= 15 is 0 Å². The van der Waals surface area contributed by atoms with Crippen molar-refractivity contribution in [1.29, 1.82) is 0 Å². The maximum Gasteiger partial charge on any atom is 0.251 e. The molecule has 2 aromatic rings. The van der Waals surface area contributed by atoms with Crippen LogP contribution in [0.15, 0.2) is 30.3 Å². The Kier molecular flexibility index (Phi) is 5.47. The van der Waals surface area contributed by atoms with Crippen LogP contribution in [0, 0.1) is 0 Å². The van der Waals surface area contributed by atoms with Gasteiger partial charge in [0, 0.05) is 17.0 Å². The number of halogens is 1. The first kappa shape index (κ1) is 15.7. The average Bonchev–Trinajstić information content (AvgIpc) is 2.87. The van der Waals surface area contributed by atoms with Crippen molar-refractivity contribution in [2.45, 2.75) is 13.3 Å². The zero-order valence-corrected chi connectivity index (χ0v) is 13.3. The van der Waals surface area contributed by atoms with Crippen LogP contribution >= 0.6 is 22.9 Å². The van der Waals surface area contributed by atoms with Crippen molar-refractivity contribution >= 4 is 34.5 Å². The van der Waals surface area contributed by atoms with Crippen LogP contribution in [0.5, 0.6) is 5.75 Å². The first-order chi connectivity index (χ1) is 10.1. The monoisotopic (exact) mass is 324 g/mol. The summed E-state index contributed by atoms with van der Waals surface area (Å²) >= 11 is 7.38. The topological polar surface area (TPSA) is 64.3 Å². The van der Waals surface area contributed by atoms with Crippen LogP contribution in [-0.4, -0.2) is 19.1 Å². The fraction of sp³-hybridized carbons (Fsp3) is 0.267. The molecule has 4 nitrogen and oxygen atoms in total. The van der Waals surface area contributed by atoms with Gasteiger partial charge in [-0.2, -0.15) is 0 Å². The van der Waals surface area contributed by atoms with Gasteiger partial charge in [-0.05, 0) is 43.7 Å². The zero-order chi connectivity index (χ0) is 15.2. The van der Waals surface area contributed by atoms with Crippen molar-refractivity contribution < 1.29 is 9.53 Å². The van der Waals surface area contributed by atoms with Gasteiger partial charge in [-0.3, -0.25) is 4.79 Å². The molecule has 1 aromatic carbocycles. The molecule has 0 saturated heterocycles. The van der Waals surface area contributed by atoms with Gasteiger partial charge < -0.3 is 15.8 Å². The second kappa shape index (κ2) is 7.33. The number of ether oxygens (including phenoxy) is 1. The van der Waals surface area contributed by atoms with Gasteiger partial charge in [-0.15, -0.1) is 11.3 Å². The molecule has 0 fully saturated rings. The Balaban J connectivity index is 1.89. The van der Waals surface area contributed by atoms with Crippen molar-refractivity contribution in [1.82, 2.24) is 5.32 Å². The van der Waals surface area contributed by atoms with E-state index in [1.807, 2.05) is 19.1 Å². The molecule has 0 bridgehead atoms. The van der Waals surface area contributed by atoms with E-state index in [0.29, 0.717) is 30.2 Å². The van der Waals surface area contributed by atoms with Crippen molar-refractivity contribution in [2.75, 3.05) is 18.9 Å². The molecule has 0 spiro atoms. The first-order valence-electron chi connectivity index (χ1n) is 6.65. The molecule has 0 saturated carbocycles. The van der Waals surface area contributed by atoms with Crippen LogP contribution in [0.3, 0.4) is 0 Å². The average molecular weight is 325 g/mol. The predicted octanol–water partition coefficient (Wildman–Crippen LogP) is 3.35. The van der Waals surface area contributed by atoms with Crippen molar-refractivity contribution in [3.05, 3.63) is 45.1 Å². The third-order valence-corrected chi connectivity index (χ3v) is 4.15. The molecule has 0 radical (unpaired) electrons. The molecule has 0 aliphatic rings. The minimum Gasteiger partial charge on any atom is -0.492 e. The number of hydrogen-bond acceptors (Lipinski definition) is 4. The van der Waals surface area contributed by atoms with Gasteiger partial charge in [0.15, 0.2) is 0 Å². The molecule has 0 unspecified atom stereocenters. The Hall–Kier alpha value is -1.72. The summed E-state index contributed by atoms with van der Waals surface area (Å²) in [5.41, 5.74) is 6.84. The fourth-order valence-electron chi connectivity index (χ4n) is 1.86. The summed E-state index contributed by atoms with van der Waals surface area (Å²) in [6, 6.07) is 8.87. The molecule has 6 heteroatoms. The van der Waals surface area contributed by atoms with Crippen molar-refractivity contribution in [2.24, 2.45) is 0 Å². The smallest absolute Gasteiger partial charge is 0.251 e. The second-order valence-electron chi connectivity index (χ2n) is 4.40. The van der Waals surface area contributed by atoms with Gasteiger partial charge in [0.2, 0.25) is 0 Å². The molecule has 3 N–H and O–H groups in total. The molecule has 21 heavy (non-hydrogen) atoms. The van der Waals surface area contributed by atoms with E-state index in [4.69, 9.17) is 22.1 Å². The lowest BCUT2D eigenvalue weighted by atomic mass is 10.1. The Bertz CT molecular complexity index is 628. The number of rotatable bonds is 6. The molecule has 112 valence electrons. The highest BCUT2D eigenvalue weighted by Crippen LogP contribution is 2.23. The van der Waals surface area contributed by atoms with Gasteiger partial charge in [-0.25, -0.2) is 0 Å².